The molecule has 3 rings (SSSR count). The first kappa shape index (κ1) is 14.2. The summed E-state index contributed by atoms with van der Waals surface area (Å²) < 4.78 is 15.9. The van der Waals surface area contributed by atoms with Crippen LogP contribution in [0.1, 0.15) is 25.3 Å². The standard InChI is InChI=1S/C16H21NO4/c1-2-19-16(18)12-4-3-7-17-13(12)8-11-5-6-14-15(9-11)21-10-20-14/h5-6,9,12-13,17H,2-4,7-8,10H2,1H3/t12-,13-/m0/s1. The van der Waals surface area contributed by atoms with Crippen LogP contribution in [0.2, 0.25) is 0 Å². The highest BCUT2D eigenvalue weighted by molar-refractivity contribution is 5.73. The summed E-state index contributed by atoms with van der Waals surface area (Å²) >= 11 is 0. The molecule has 0 aliphatic carbocycles. The van der Waals surface area contributed by atoms with Gasteiger partial charge in [-0.2, -0.15) is 0 Å². The minimum absolute atomic E-state index is 0.0656. The Labute approximate surface area is 124 Å². The van der Waals surface area contributed by atoms with Crippen molar-refractivity contribution in [1.29, 1.82) is 0 Å². The number of nitrogens with one attached hydrogen (secondary N) is 1. The van der Waals surface area contributed by atoms with Crippen LogP contribution < -0.4 is 14.8 Å². The maximum Gasteiger partial charge on any atom is 0.310 e. The smallest absolute Gasteiger partial charge is 0.310 e. The molecule has 1 aromatic rings. The van der Waals surface area contributed by atoms with Gasteiger partial charge in [0.05, 0.1) is 12.5 Å². The van der Waals surface area contributed by atoms with Crippen LogP contribution in [0, 0.1) is 5.92 Å². The number of rotatable bonds is 4. The van der Waals surface area contributed by atoms with Crippen LogP contribution in [-0.2, 0) is 16.0 Å². The second-order valence-electron chi connectivity index (χ2n) is 5.45. The van der Waals surface area contributed by atoms with Gasteiger partial charge in [0.15, 0.2) is 11.5 Å². The van der Waals surface area contributed by atoms with Gasteiger partial charge >= 0.3 is 5.97 Å². The number of fused-ring (bicyclic) bond motifs is 1. The van der Waals surface area contributed by atoms with Crippen molar-refractivity contribution in [2.75, 3.05) is 19.9 Å². The van der Waals surface area contributed by atoms with E-state index in [-0.39, 0.29) is 24.7 Å². The van der Waals surface area contributed by atoms with Crippen molar-refractivity contribution in [3.05, 3.63) is 23.8 Å². The Bertz CT molecular complexity index is 517. The number of hydrogen-bond donors (Lipinski definition) is 1. The normalized spacial score (nSPS) is 23.9. The first-order valence-corrected chi connectivity index (χ1v) is 7.56. The molecule has 1 N–H and O–H groups in total. The minimum Gasteiger partial charge on any atom is -0.466 e. The lowest BCUT2D eigenvalue weighted by Gasteiger charge is -2.31. The number of benzene rings is 1. The first-order chi connectivity index (χ1) is 10.3. The molecule has 21 heavy (non-hydrogen) atoms. The van der Waals surface area contributed by atoms with Gasteiger partial charge < -0.3 is 19.5 Å². The van der Waals surface area contributed by atoms with Crippen molar-refractivity contribution in [1.82, 2.24) is 5.32 Å². The average Bonchev–Trinajstić information content (AvgIpc) is 2.95. The summed E-state index contributed by atoms with van der Waals surface area (Å²) in [5.74, 6) is 1.42. The summed E-state index contributed by atoms with van der Waals surface area (Å²) in [7, 11) is 0. The highest BCUT2D eigenvalue weighted by atomic mass is 16.7. The second kappa shape index (κ2) is 6.35. The van der Waals surface area contributed by atoms with E-state index in [4.69, 9.17) is 14.2 Å². The Kier molecular flexibility index (Phi) is 4.29. The molecule has 0 radical (unpaired) electrons. The largest absolute Gasteiger partial charge is 0.466 e. The lowest BCUT2D eigenvalue weighted by Crippen LogP contribution is -2.46. The SMILES string of the molecule is CCOC(=O)[C@H]1CCCN[C@H]1Cc1ccc2c(c1)OCO2. The van der Waals surface area contributed by atoms with Gasteiger partial charge in [0, 0.05) is 6.04 Å². The fourth-order valence-corrected chi connectivity index (χ4v) is 3.02. The number of carbonyl (C=O) groups is 1. The summed E-state index contributed by atoms with van der Waals surface area (Å²) in [6, 6.07) is 6.09. The summed E-state index contributed by atoms with van der Waals surface area (Å²) in [6.07, 6.45) is 2.70. The Morgan fingerprint density at radius 1 is 1.38 bits per heavy atom. The average molecular weight is 291 g/mol. The van der Waals surface area contributed by atoms with Crippen LogP contribution in [0.15, 0.2) is 18.2 Å². The molecular formula is C16H21NO4. The fourth-order valence-electron chi connectivity index (χ4n) is 3.02. The molecule has 0 saturated carbocycles. The van der Waals surface area contributed by atoms with E-state index in [1.807, 2.05) is 25.1 Å². The van der Waals surface area contributed by atoms with Crippen molar-refractivity contribution < 1.29 is 19.0 Å². The van der Waals surface area contributed by atoms with Crippen molar-refractivity contribution in [3.8, 4) is 11.5 Å². The van der Waals surface area contributed by atoms with Crippen LogP contribution in [0.5, 0.6) is 11.5 Å². The predicted octanol–water partition coefficient (Wildman–Crippen LogP) is 1.89. The van der Waals surface area contributed by atoms with Crippen molar-refractivity contribution in [2.24, 2.45) is 5.92 Å². The highest BCUT2D eigenvalue weighted by Gasteiger charge is 2.32. The Morgan fingerprint density at radius 3 is 3.10 bits per heavy atom. The maximum atomic E-state index is 12.1. The molecular weight excluding hydrogens is 270 g/mol. The number of ether oxygens (including phenoxy) is 3. The van der Waals surface area contributed by atoms with Gasteiger partial charge in [-0.1, -0.05) is 6.07 Å². The Hall–Kier alpha value is -1.75. The molecule has 2 aliphatic heterocycles. The molecule has 1 fully saturated rings. The number of carbonyl (C=O) groups excluding carboxylic acids is 1. The Morgan fingerprint density at radius 2 is 2.24 bits per heavy atom. The molecule has 1 aromatic carbocycles. The molecule has 0 aromatic heterocycles. The van der Waals surface area contributed by atoms with Gasteiger partial charge in [-0.3, -0.25) is 4.79 Å². The minimum atomic E-state index is -0.0876. The summed E-state index contributed by atoms with van der Waals surface area (Å²) in [5, 5.41) is 3.45. The zero-order chi connectivity index (χ0) is 14.7. The third-order valence-electron chi connectivity index (χ3n) is 4.07. The molecule has 2 atom stereocenters. The molecule has 5 nitrogen and oxygen atoms in total. The van der Waals surface area contributed by atoms with E-state index in [1.54, 1.807) is 0 Å². The number of esters is 1. The van der Waals surface area contributed by atoms with E-state index in [0.29, 0.717) is 6.61 Å². The van der Waals surface area contributed by atoms with Crippen LogP contribution in [0.3, 0.4) is 0 Å². The molecule has 5 heteroatoms. The summed E-state index contributed by atoms with van der Waals surface area (Å²) in [5.41, 5.74) is 1.15. The molecule has 2 aliphatic rings. The van der Waals surface area contributed by atoms with Gasteiger partial charge in [0.2, 0.25) is 6.79 Å². The highest BCUT2D eigenvalue weighted by Crippen LogP contribution is 2.33. The van der Waals surface area contributed by atoms with Gasteiger partial charge in [0.25, 0.3) is 0 Å². The predicted molar refractivity (Wildman–Crippen MR) is 77.4 cm³/mol. The summed E-state index contributed by atoms with van der Waals surface area (Å²) in [6.45, 7) is 3.52. The maximum absolute atomic E-state index is 12.1. The second-order valence-corrected chi connectivity index (χ2v) is 5.45. The lowest BCUT2D eigenvalue weighted by atomic mass is 9.87. The zero-order valence-electron chi connectivity index (χ0n) is 12.3. The van der Waals surface area contributed by atoms with Crippen molar-refractivity contribution >= 4 is 5.97 Å². The van der Waals surface area contributed by atoms with E-state index >= 15 is 0 Å². The third-order valence-corrected chi connectivity index (χ3v) is 4.07. The molecule has 0 spiro atoms. The van der Waals surface area contributed by atoms with Gasteiger partial charge in [-0.15, -0.1) is 0 Å². The zero-order valence-corrected chi connectivity index (χ0v) is 12.3. The lowest BCUT2D eigenvalue weighted by molar-refractivity contribution is -0.150. The van der Waals surface area contributed by atoms with E-state index in [2.05, 4.69) is 5.32 Å². The van der Waals surface area contributed by atoms with E-state index < -0.39 is 0 Å². The van der Waals surface area contributed by atoms with Crippen LogP contribution in [0.4, 0.5) is 0 Å². The molecule has 0 unspecified atom stereocenters. The Balaban J connectivity index is 1.70. The molecule has 114 valence electrons. The van der Waals surface area contributed by atoms with Crippen LogP contribution in [-0.4, -0.2) is 32.0 Å². The van der Waals surface area contributed by atoms with Crippen LogP contribution in [0.25, 0.3) is 0 Å². The van der Waals surface area contributed by atoms with Gasteiger partial charge in [-0.25, -0.2) is 0 Å². The van der Waals surface area contributed by atoms with E-state index in [0.717, 1.165) is 42.9 Å². The van der Waals surface area contributed by atoms with E-state index in [1.165, 1.54) is 0 Å². The monoisotopic (exact) mass is 291 g/mol. The third kappa shape index (κ3) is 3.13. The molecule has 1 saturated heterocycles. The van der Waals surface area contributed by atoms with Gasteiger partial charge in [-0.05, 0) is 50.4 Å². The molecule has 0 bridgehead atoms. The summed E-state index contributed by atoms with van der Waals surface area (Å²) in [4.78, 5) is 12.1. The molecule has 2 heterocycles. The number of piperidine rings is 1. The van der Waals surface area contributed by atoms with E-state index in [9.17, 15) is 4.79 Å². The topological polar surface area (TPSA) is 56.8 Å². The number of hydrogen-bond acceptors (Lipinski definition) is 5. The molecule has 0 amide bonds. The van der Waals surface area contributed by atoms with Crippen molar-refractivity contribution in [3.63, 3.8) is 0 Å². The van der Waals surface area contributed by atoms with Gasteiger partial charge in [0.1, 0.15) is 0 Å². The quantitative estimate of drug-likeness (QED) is 0.859. The van der Waals surface area contributed by atoms with Crippen LogP contribution >= 0.6 is 0 Å². The fraction of sp³-hybridized carbons (Fsp3) is 0.562. The van der Waals surface area contributed by atoms with Crippen molar-refractivity contribution in [2.45, 2.75) is 32.2 Å². The first-order valence-electron chi connectivity index (χ1n) is 7.56.